The van der Waals surface area contributed by atoms with E-state index in [0.717, 1.165) is 0 Å². The summed E-state index contributed by atoms with van der Waals surface area (Å²) >= 11 is 0. The second kappa shape index (κ2) is 5.68. The summed E-state index contributed by atoms with van der Waals surface area (Å²) in [6.45, 7) is 0. The van der Waals surface area contributed by atoms with Crippen molar-refractivity contribution in [3.63, 3.8) is 0 Å². The summed E-state index contributed by atoms with van der Waals surface area (Å²) in [6, 6.07) is 6.01. The van der Waals surface area contributed by atoms with E-state index in [1.807, 2.05) is 0 Å². The number of hydrogen-bond donors (Lipinski definition) is 4. The molecule has 0 unspecified atom stereocenters. The summed E-state index contributed by atoms with van der Waals surface area (Å²) in [7, 11) is 1.46. The van der Waals surface area contributed by atoms with Crippen LogP contribution < -0.4 is 4.74 Å². The van der Waals surface area contributed by atoms with Crippen molar-refractivity contribution in [2.24, 2.45) is 0 Å². The predicted molar refractivity (Wildman–Crippen MR) is 62.9 cm³/mol. The molecule has 2 atom stereocenters. The smallest absolute Gasteiger partial charge is 0.339 e. The average molecular weight is 270 g/mol. The van der Waals surface area contributed by atoms with Crippen molar-refractivity contribution in [1.29, 1.82) is 0 Å². The Bertz CT molecular complexity index is 467. The summed E-state index contributed by atoms with van der Waals surface area (Å²) in [4.78, 5) is 21.6. The predicted octanol–water partition coefficient (Wildman–Crippen LogP) is -0.501. The van der Waals surface area contributed by atoms with Gasteiger partial charge in [-0.15, -0.1) is 0 Å². The van der Waals surface area contributed by atoms with Crippen LogP contribution in [0.4, 0.5) is 0 Å². The Hall–Kier alpha value is -2.12. The second-order valence-corrected chi connectivity index (χ2v) is 4.00. The molecular formula is C12H14O7. The summed E-state index contributed by atoms with van der Waals surface area (Å²) < 4.78 is 4.91. The number of methoxy groups -OCH3 is 1. The van der Waals surface area contributed by atoms with Gasteiger partial charge in [0.25, 0.3) is 0 Å². The van der Waals surface area contributed by atoms with Crippen molar-refractivity contribution in [1.82, 2.24) is 0 Å². The molecule has 1 rings (SSSR count). The van der Waals surface area contributed by atoms with E-state index in [2.05, 4.69) is 0 Å². The van der Waals surface area contributed by atoms with Crippen LogP contribution in [-0.4, -0.2) is 51.2 Å². The fraction of sp³-hybridized carbons (Fsp3) is 0.333. The normalized spacial score (nSPS) is 15.3. The topological polar surface area (TPSA) is 124 Å². The van der Waals surface area contributed by atoms with E-state index in [1.165, 1.54) is 31.4 Å². The fourth-order valence-electron chi connectivity index (χ4n) is 1.55. The molecule has 0 radical (unpaired) electrons. The Morgan fingerprint density at radius 2 is 1.79 bits per heavy atom. The van der Waals surface area contributed by atoms with Gasteiger partial charge in [-0.25, -0.2) is 9.59 Å². The first-order valence-electron chi connectivity index (χ1n) is 5.31. The van der Waals surface area contributed by atoms with Gasteiger partial charge in [0, 0.05) is 6.42 Å². The minimum Gasteiger partial charge on any atom is -0.497 e. The van der Waals surface area contributed by atoms with Crippen LogP contribution in [0.2, 0.25) is 0 Å². The lowest BCUT2D eigenvalue weighted by molar-refractivity contribution is -0.183. The molecule has 0 heterocycles. The van der Waals surface area contributed by atoms with E-state index in [4.69, 9.17) is 14.9 Å². The van der Waals surface area contributed by atoms with Gasteiger partial charge in [-0.1, -0.05) is 12.1 Å². The Balaban J connectivity index is 3.01. The average Bonchev–Trinajstić information content (AvgIpc) is 2.38. The van der Waals surface area contributed by atoms with Gasteiger partial charge in [-0.05, 0) is 17.7 Å². The molecule has 0 aliphatic rings. The number of rotatable bonds is 6. The van der Waals surface area contributed by atoms with Gasteiger partial charge in [0.2, 0.25) is 5.60 Å². The number of benzene rings is 1. The van der Waals surface area contributed by atoms with Crippen LogP contribution >= 0.6 is 0 Å². The lowest BCUT2D eigenvalue weighted by Gasteiger charge is -2.26. The van der Waals surface area contributed by atoms with Crippen LogP contribution in [0.15, 0.2) is 24.3 Å². The van der Waals surface area contributed by atoms with Crippen LogP contribution in [0.1, 0.15) is 5.56 Å². The fourth-order valence-corrected chi connectivity index (χ4v) is 1.55. The zero-order valence-electron chi connectivity index (χ0n) is 10.1. The first-order chi connectivity index (χ1) is 8.81. The summed E-state index contributed by atoms with van der Waals surface area (Å²) in [5.74, 6) is -3.09. The van der Waals surface area contributed by atoms with Crippen molar-refractivity contribution in [3.05, 3.63) is 29.8 Å². The third-order valence-corrected chi connectivity index (χ3v) is 2.69. The van der Waals surface area contributed by atoms with Gasteiger partial charge < -0.3 is 25.2 Å². The SMILES string of the molecule is COc1ccc(C[C@@](O)(C(=O)O)[C@@H](O)C(=O)O)cc1. The van der Waals surface area contributed by atoms with Crippen LogP contribution in [-0.2, 0) is 16.0 Å². The zero-order valence-corrected chi connectivity index (χ0v) is 10.1. The molecule has 7 nitrogen and oxygen atoms in total. The third-order valence-electron chi connectivity index (χ3n) is 2.69. The number of carboxylic acids is 2. The van der Waals surface area contributed by atoms with Gasteiger partial charge in [0.1, 0.15) is 5.75 Å². The molecule has 0 fully saturated rings. The maximum absolute atomic E-state index is 11.0. The van der Waals surface area contributed by atoms with Crippen LogP contribution in [0, 0.1) is 0 Å². The van der Waals surface area contributed by atoms with Gasteiger partial charge in [0.15, 0.2) is 6.10 Å². The van der Waals surface area contributed by atoms with Crippen LogP contribution in [0.5, 0.6) is 5.75 Å². The number of aliphatic hydroxyl groups excluding tert-OH is 1. The van der Waals surface area contributed by atoms with Crippen LogP contribution in [0.3, 0.4) is 0 Å². The highest BCUT2D eigenvalue weighted by molar-refractivity contribution is 5.87. The molecule has 7 heteroatoms. The van der Waals surface area contributed by atoms with Gasteiger partial charge in [0.05, 0.1) is 7.11 Å². The van der Waals surface area contributed by atoms with E-state index >= 15 is 0 Å². The number of aliphatic carboxylic acids is 2. The van der Waals surface area contributed by atoms with Crippen molar-refractivity contribution in [3.8, 4) is 5.75 Å². The molecule has 0 aliphatic carbocycles. The number of ether oxygens (including phenoxy) is 1. The molecule has 0 aliphatic heterocycles. The molecule has 0 saturated carbocycles. The Kier molecular flexibility index (Phi) is 4.47. The number of carboxylic acid groups (broad SMARTS) is 2. The monoisotopic (exact) mass is 270 g/mol. The quantitative estimate of drug-likeness (QED) is 0.549. The first kappa shape index (κ1) is 14.9. The number of aliphatic hydroxyl groups is 2. The van der Waals surface area contributed by atoms with E-state index in [-0.39, 0.29) is 0 Å². The van der Waals surface area contributed by atoms with Gasteiger partial charge in [-0.3, -0.25) is 0 Å². The Morgan fingerprint density at radius 3 is 2.16 bits per heavy atom. The van der Waals surface area contributed by atoms with E-state index in [9.17, 15) is 19.8 Å². The van der Waals surface area contributed by atoms with Gasteiger partial charge in [-0.2, -0.15) is 0 Å². The maximum atomic E-state index is 11.0. The number of hydrogen-bond acceptors (Lipinski definition) is 5. The van der Waals surface area contributed by atoms with Crippen molar-refractivity contribution < 1.29 is 34.8 Å². The minimum atomic E-state index is -2.79. The number of carbonyl (C=O) groups is 2. The molecule has 19 heavy (non-hydrogen) atoms. The molecule has 0 aromatic heterocycles. The molecule has 0 saturated heterocycles. The second-order valence-electron chi connectivity index (χ2n) is 4.00. The summed E-state index contributed by atoms with van der Waals surface area (Å²) in [5.41, 5.74) is -2.44. The van der Waals surface area contributed by atoms with Crippen molar-refractivity contribution >= 4 is 11.9 Å². The molecule has 1 aromatic carbocycles. The molecular weight excluding hydrogens is 256 g/mol. The minimum absolute atomic E-state index is 0.353. The molecule has 1 aromatic rings. The van der Waals surface area contributed by atoms with E-state index in [1.54, 1.807) is 0 Å². The maximum Gasteiger partial charge on any atom is 0.339 e. The molecule has 4 N–H and O–H groups in total. The Morgan fingerprint density at radius 1 is 1.26 bits per heavy atom. The largest absolute Gasteiger partial charge is 0.497 e. The molecule has 104 valence electrons. The highest BCUT2D eigenvalue weighted by Crippen LogP contribution is 2.21. The third kappa shape index (κ3) is 3.21. The highest BCUT2D eigenvalue weighted by Gasteiger charge is 2.47. The highest BCUT2D eigenvalue weighted by atomic mass is 16.5. The summed E-state index contributed by atoms with van der Waals surface area (Å²) in [6.07, 6.45) is -2.97. The molecule has 0 bridgehead atoms. The first-order valence-corrected chi connectivity index (χ1v) is 5.31. The van der Waals surface area contributed by atoms with E-state index < -0.39 is 30.1 Å². The lowest BCUT2D eigenvalue weighted by atomic mass is 9.89. The zero-order chi connectivity index (χ0) is 14.6. The van der Waals surface area contributed by atoms with Crippen molar-refractivity contribution in [2.45, 2.75) is 18.1 Å². The van der Waals surface area contributed by atoms with Crippen molar-refractivity contribution in [2.75, 3.05) is 7.11 Å². The van der Waals surface area contributed by atoms with E-state index in [0.29, 0.717) is 11.3 Å². The standard InChI is InChI=1S/C12H14O7/c1-19-8-4-2-7(3-5-8)6-12(18,11(16)17)9(13)10(14)15/h2-5,9,13,18H,6H2,1H3,(H,14,15)(H,16,17)/t9-,12-/m0/s1. The Labute approximate surface area is 108 Å². The van der Waals surface area contributed by atoms with Crippen LogP contribution in [0.25, 0.3) is 0 Å². The molecule has 0 spiro atoms. The molecule has 0 amide bonds. The van der Waals surface area contributed by atoms with Gasteiger partial charge >= 0.3 is 11.9 Å². The summed E-state index contributed by atoms with van der Waals surface area (Å²) in [5, 5.41) is 36.7. The lowest BCUT2D eigenvalue weighted by Crippen LogP contribution is -2.54.